The number of rotatable bonds is 1. The lowest BCUT2D eigenvalue weighted by Crippen LogP contribution is -2.37. The first-order valence-electron chi connectivity index (χ1n) is 7.32. The summed E-state index contributed by atoms with van der Waals surface area (Å²) in [6, 6.07) is 5.82. The largest absolute Gasteiger partial charge is 0.361 e. The van der Waals surface area contributed by atoms with Gasteiger partial charge in [-0.25, -0.2) is 4.39 Å². The average Bonchev–Trinajstić information content (AvgIpc) is 3.03. The summed E-state index contributed by atoms with van der Waals surface area (Å²) in [7, 11) is 0. The second-order valence-corrected chi connectivity index (χ2v) is 5.99. The van der Waals surface area contributed by atoms with Crippen LogP contribution in [0, 0.1) is 5.82 Å². The van der Waals surface area contributed by atoms with Gasteiger partial charge in [0, 0.05) is 23.1 Å². The number of hydrogen-bond donors (Lipinski definition) is 1. The Kier molecular flexibility index (Phi) is 2.62. The molecule has 2 unspecified atom stereocenters. The van der Waals surface area contributed by atoms with Gasteiger partial charge in [0.25, 0.3) is 0 Å². The van der Waals surface area contributed by atoms with Crippen molar-refractivity contribution in [3.63, 3.8) is 0 Å². The third-order valence-corrected chi connectivity index (χ3v) is 4.94. The number of halogens is 1. The molecule has 2 fully saturated rings. The molecule has 1 N–H and O–H groups in total. The zero-order valence-electron chi connectivity index (χ0n) is 11.0. The monoisotopic (exact) mass is 258 g/mol. The number of aromatic nitrogens is 1. The zero-order valence-corrected chi connectivity index (χ0v) is 11.0. The highest BCUT2D eigenvalue weighted by atomic mass is 19.1. The van der Waals surface area contributed by atoms with Crippen LogP contribution >= 0.6 is 0 Å². The van der Waals surface area contributed by atoms with E-state index in [2.05, 4.69) is 16.1 Å². The van der Waals surface area contributed by atoms with Crippen molar-refractivity contribution in [1.29, 1.82) is 0 Å². The van der Waals surface area contributed by atoms with Crippen molar-refractivity contribution in [2.45, 2.75) is 37.6 Å². The van der Waals surface area contributed by atoms with E-state index in [1.54, 1.807) is 6.07 Å². The van der Waals surface area contributed by atoms with E-state index in [4.69, 9.17) is 0 Å². The smallest absolute Gasteiger partial charge is 0.123 e. The highest BCUT2D eigenvalue weighted by Crippen LogP contribution is 2.38. The second kappa shape index (κ2) is 4.34. The lowest BCUT2D eigenvalue weighted by molar-refractivity contribution is 0.181. The van der Waals surface area contributed by atoms with Crippen molar-refractivity contribution in [1.82, 2.24) is 9.88 Å². The van der Waals surface area contributed by atoms with Gasteiger partial charge in [-0.15, -0.1) is 0 Å². The van der Waals surface area contributed by atoms with E-state index in [1.165, 1.54) is 50.4 Å². The van der Waals surface area contributed by atoms with Crippen LogP contribution < -0.4 is 0 Å². The summed E-state index contributed by atoms with van der Waals surface area (Å²) in [4.78, 5) is 5.92. The highest BCUT2D eigenvalue weighted by Gasteiger charge is 2.33. The van der Waals surface area contributed by atoms with Crippen LogP contribution in [0.25, 0.3) is 10.9 Å². The van der Waals surface area contributed by atoms with Crippen LogP contribution in [0.4, 0.5) is 4.39 Å². The molecule has 2 atom stereocenters. The molecule has 0 saturated carbocycles. The van der Waals surface area contributed by atoms with Crippen LogP contribution in [0.5, 0.6) is 0 Å². The fourth-order valence-electron chi connectivity index (χ4n) is 3.96. The summed E-state index contributed by atoms with van der Waals surface area (Å²) in [5.41, 5.74) is 2.38. The molecule has 0 spiro atoms. The van der Waals surface area contributed by atoms with Gasteiger partial charge in [0.1, 0.15) is 5.82 Å². The summed E-state index contributed by atoms with van der Waals surface area (Å²) < 4.78 is 13.5. The topological polar surface area (TPSA) is 19.0 Å². The molecule has 3 heteroatoms. The van der Waals surface area contributed by atoms with Crippen LogP contribution in [0.2, 0.25) is 0 Å². The van der Waals surface area contributed by atoms with Crippen LogP contribution in [0.1, 0.15) is 37.2 Å². The number of benzene rings is 1. The average molecular weight is 258 g/mol. The maximum absolute atomic E-state index is 13.5. The Bertz CT molecular complexity index is 604. The third kappa shape index (κ3) is 1.88. The summed E-state index contributed by atoms with van der Waals surface area (Å²) in [5.74, 6) is 0.460. The van der Waals surface area contributed by atoms with E-state index in [-0.39, 0.29) is 5.82 Å². The van der Waals surface area contributed by atoms with Gasteiger partial charge in [-0.1, -0.05) is 0 Å². The Morgan fingerprint density at radius 2 is 2.16 bits per heavy atom. The van der Waals surface area contributed by atoms with Gasteiger partial charge in [0.2, 0.25) is 0 Å². The van der Waals surface area contributed by atoms with E-state index >= 15 is 0 Å². The summed E-state index contributed by atoms with van der Waals surface area (Å²) in [5, 5.41) is 1.08. The second-order valence-electron chi connectivity index (χ2n) is 5.99. The minimum atomic E-state index is -0.133. The summed E-state index contributed by atoms with van der Waals surface area (Å²) >= 11 is 0. The number of nitrogens with zero attached hydrogens (tertiary/aromatic N) is 1. The predicted molar refractivity (Wildman–Crippen MR) is 74.8 cm³/mol. The minimum absolute atomic E-state index is 0.133. The van der Waals surface area contributed by atoms with Crippen molar-refractivity contribution in [2.24, 2.45) is 0 Å². The lowest BCUT2D eigenvalue weighted by atomic mass is 9.85. The first-order valence-corrected chi connectivity index (χ1v) is 7.32. The fourth-order valence-corrected chi connectivity index (χ4v) is 3.96. The molecule has 0 amide bonds. The van der Waals surface area contributed by atoms with Crippen molar-refractivity contribution in [3.8, 4) is 0 Å². The molecule has 0 aliphatic carbocycles. The molecule has 0 bridgehead atoms. The molecular weight excluding hydrogens is 239 g/mol. The molecule has 3 heterocycles. The van der Waals surface area contributed by atoms with Crippen molar-refractivity contribution in [3.05, 3.63) is 35.8 Å². The van der Waals surface area contributed by atoms with E-state index in [9.17, 15) is 4.39 Å². The van der Waals surface area contributed by atoms with Gasteiger partial charge in [0.15, 0.2) is 0 Å². The van der Waals surface area contributed by atoms with Gasteiger partial charge >= 0.3 is 0 Å². The Labute approximate surface area is 112 Å². The number of piperidine rings is 1. The molecule has 2 saturated heterocycles. The number of aromatic amines is 1. The van der Waals surface area contributed by atoms with E-state index in [0.717, 1.165) is 16.9 Å². The Morgan fingerprint density at radius 1 is 1.21 bits per heavy atom. The molecular formula is C16H19FN2. The number of hydrogen-bond acceptors (Lipinski definition) is 1. The molecule has 2 aromatic rings. The molecule has 0 radical (unpaired) electrons. The van der Waals surface area contributed by atoms with Gasteiger partial charge < -0.3 is 9.88 Å². The van der Waals surface area contributed by atoms with Crippen LogP contribution in [0.3, 0.4) is 0 Å². The number of H-pyrrole nitrogens is 1. The number of fused-ring (bicyclic) bond motifs is 2. The molecule has 2 aliphatic rings. The van der Waals surface area contributed by atoms with Crippen LogP contribution in [-0.2, 0) is 0 Å². The van der Waals surface area contributed by atoms with Gasteiger partial charge in [0.05, 0.1) is 0 Å². The molecule has 2 nitrogen and oxygen atoms in total. The van der Waals surface area contributed by atoms with Gasteiger partial charge in [-0.05, 0) is 68.5 Å². The quantitative estimate of drug-likeness (QED) is 0.827. The van der Waals surface area contributed by atoms with Crippen molar-refractivity contribution in [2.75, 3.05) is 13.1 Å². The first-order chi connectivity index (χ1) is 9.31. The lowest BCUT2D eigenvalue weighted by Gasteiger charge is -2.34. The molecule has 1 aromatic heterocycles. The maximum Gasteiger partial charge on any atom is 0.123 e. The summed E-state index contributed by atoms with van der Waals surface area (Å²) in [6.45, 7) is 2.48. The molecule has 100 valence electrons. The maximum atomic E-state index is 13.5. The molecule has 1 aromatic carbocycles. The molecule has 4 rings (SSSR count). The highest BCUT2D eigenvalue weighted by molar-refractivity contribution is 5.83. The van der Waals surface area contributed by atoms with Gasteiger partial charge in [-0.2, -0.15) is 0 Å². The van der Waals surface area contributed by atoms with E-state index in [1.807, 2.05) is 6.07 Å². The van der Waals surface area contributed by atoms with E-state index in [0.29, 0.717) is 5.92 Å². The molecule has 2 aliphatic heterocycles. The standard InChI is InChI=1S/C16H19FN2/c17-12-3-4-16-14(9-12)15(10-18-16)11-5-7-19-6-1-2-13(19)8-11/h3-4,9-11,13,18H,1-2,5-8H2. The van der Waals surface area contributed by atoms with Crippen LogP contribution in [-0.4, -0.2) is 29.0 Å². The van der Waals surface area contributed by atoms with Crippen LogP contribution in [0.15, 0.2) is 24.4 Å². The number of nitrogens with one attached hydrogen (secondary N) is 1. The first kappa shape index (κ1) is 11.5. The fraction of sp³-hybridized carbons (Fsp3) is 0.500. The Hall–Kier alpha value is -1.35. The summed E-state index contributed by atoms with van der Waals surface area (Å²) in [6.07, 6.45) is 7.23. The Balaban J connectivity index is 1.68. The normalized spacial score (nSPS) is 27.8. The Morgan fingerprint density at radius 3 is 3.11 bits per heavy atom. The minimum Gasteiger partial charge on any atom is -0.361 e. The van der Waals surface area contributed by atoms with E-state index < -0.39 is 0 Å². The zero-order chi connectivity index (χ0) is 12.8. The van der Waals surface area contributed by atoms with Gasteiger partial charge in [-0.3, -0.25) is 0 Å². The SMILES string of the molecule is Fc1ccc2[nH]cc(C3CCN4CCCC4C3)c2c1. The predicted octanol–water partition coefficient (Wildman–Crippen LogP) is 3.65. The third-order valence-electron chi connectivity index (χ3n) is 4.94. The van der Waals surface area contributed by atoms with Crippen molar-refractivity contribution >= 4 is 10.9 Å². The van der Waals surface area contributed by atoms with Crippen molar-refractivity contribution < 1.29 is 4.39 Å². The molecule has 19 heavy (non-hydrogen) atoms.